The highest BCUT2D eigenvalue weighted by Gasteiger charge is 2.26. The number of alkyl halides is 1. The quantitative estimate of drug-likeness (QED) is 0.632. The molecule has 1 atom stereocenters. The number of hydrogen-bond acceptors (Lipinski definition) is 3. The van der Waals surface area contributed by atoms with Gasteiger partial charge in [-0.3, -0.25) is 4.79 Å². The first-order valence-electron chi connectivity index (χ1n) is 6.04. The third-order valence-electron chi connectivity index (χ3n) is 2.81. The summed E-state index contributed by atoms with van der Waals surface area (Å²) >= 11 is 2.03. The Kier molecular flexibility index (Phi) is 5.00. The summed E-state index contributed by atoms with van der Waals surface area (Å²) in [5, 5.41) is 2.76. The Labute approximate surface area is 125 Å². The fourth-order valence-corrected chi connectivity index (χ4v) is 2.46. The molecular weight excluding hydrogens is 359 g/mol. The first kappa shape index (κ1) is 14.1. The van der Waals surface area contributed by atoms with Crippen LogP contribution in [0.5, 0.6) is 0 Å². The molecule has 102 valence electrons. The fraction of sp³-hybridized carbons (Fsp3) is 0.385. The van der Waals surface area contributed by atoms with Gasteiger partial charge < -0.3 is 15.0 Å². The largest absolute Gasteiger partial charge is 0.445 e. The second-order valence-electron chi connectivity index (χ2n) is 4.24. The van der Waals surface area contributed by atoms with Crippen LogP contribution in [0.3, 0.4) is 0 Å². The Morgan fingerprint density at radius 1 is 1.42 bits per heavy atom. The lowest BCUT2D eigenvalue weighted by atomic mass is 10.2. The van der Waals surface area contributed by atoms with Crippen molar-refractivity contribution in [3.8, 4) is 0 Å². The molecule has 0 saturated carbocycles. The molecular formula is C13H15IN2O3. The van der Waals surface area contributed by atoms with E-state index in [4.69, 9.17) is 4.74 Å². The number of carbonyl (C=O) groups is 2. The lowest BCUT2D eigenvalue weighted by molar-refractivity contribution is -0.119. The number of ether oxygens (including phenoxy) is 1. The highest BCUT2D eigenvalue weighted by atomic mass is 127. The molecule has 1 fully saturated rings. The number of nitrogens with zero attached hydrogens (tertiary/aromatic N) is 1. The third kappa shape index (κ3) is 4.09. The minimum atomic E-state index is -0.373. The monoisotopic (exact) mass is 374 g/mol. The average molecular weight is 374 g/mol. The first-order chi connectivity index (χ1) is 9.16. The van der Waals surface area contributed by atoms with Crippen LogP contribution in [0.2, 0.25) is 0 Å². The Balaban J connectivity index is 1.87. The van der Waals surface area contributed by atoms with E-state index in [1.165, 1.54) is 0 Å². The molecule has 2 rings (SSSR count). The van der Waals surface area contributed by atoms with Gasteiger partial charge in [-0.25, -0.2) is 4.79 Å². The summed E-state index contributed by atoms with van der Waals surface area (Å²) < 4.78 is 5.02. The number of hydrogen-bond donors (Lipinski definition) is 1. The molecule has 1 aromatic rings. The highest BCUT2D eigenvalue weighted by molar-refractivity contribution is 14.1. The van der Waals surface area contributed by atoms with Crippen LogP contribution in [0.25, 0.3) is 0 Å². The average Bonchev–Trinajstić information content (AvgIpc) is 2.60. The fourth-order valence-electron chi connectivity index (χ4n) is 1.77. The van der Waals surface area contributed by atoms with Gasteiger partial charge in [0.2, 0.25) is 5.91 Å². The maximum Gasteiger partial charge on any atom is 0.410 e. The topological polar surface area (TPSA) is 58.6 Å². The zero-order valence-corrected chi connectivity index (χ0v) is 12.5. The second-order valence-corrected chi connectivity index (χ2v) is 5.75. The maximum absolute atomic E-state index is 11.9. The first-order valence-corrected chi connectivity index (χ1v) is 7.29. The zero-order chi connectivity index (χ0) is 13.7. The second kappa shape index (κ2) is 6.74. The van der Waals surface area contributed by atoms with Crippen molar-refractivity contribution in [3.05, 3.63) is 35.9 Å². The van der Waals surface area contributed by atoms with Gasteiger partial charge in [0.1, 0.15) is 10.5 Å². The van der Waals surface area contributed by atoms with Crippen LogP contribution in [0.1, 0.15) is 5.56 Å². The van der Waals surface area contributed by atoms with E-state index < -0.39 is 0 Å². The van der Waals surface area contributed by atoms with Crippen LogP contribution < -0.4 is 5.32 Å². The molecule has 0 radical (unpaired) electrons. The zero-order valence-electron chi connectivity index (χ0n) is 10.3. The lowest BCUT2D eigenvalue weighted by Crippen LogP contribution is -2.37. The van der Waals surface area contributed by atoms with E-state index in [0.29, 0.717) is 19.6 Å². The summed E-state index contributed by atoms with van der Waals surface area (Å²) in [5.74, 6) is -0.0287. The van der Waals surface area contributed by atoms with Gasteiger partial charge in [0.25, 0.3) is 0 Å². The van der Waals surface area contributed by atoms with Crippen molar-refractivity contribution in [2.75, 3.05) is 19.6 Å². The Bertz CT molecular complexity index is 452. The van der Waals surface area contributed by atoms with E-state index in [2.05, 4.69) is 5.32 Å². The van der Waals surface area contributed by atoms with Gasteiger partial charge >= 0.3 is 6.09 Å². The van der Waals surface area contributed by atoms with E-state index in [9.17, 15) is 9.59 Å². The van der Waals surface area contributed by atoms with Gasteiger partial charge in [0.15, 0.2) is 0 Å². The normalized spacial score (nSPS) is 19.5. The van der Waals surface area contributed by atoms with Crippen molar-refractivity contribution in [2.24, 2.45) is 0 Å². The van der Waals surface area contributed by atoms with E-state index in [-0.39, 0.29) is 22.5 Å². The number of benzene rings is 1. The van der Waals surface area contributed by atoms with Crippen molar-refractivity contribution in [1.29, 1.82) is 0 Å². The molecule has 19 heavy (non-hydrogen) atoms. The maximum atomic E-state index is 11.9. The molecule has 5 nitrogen and oxygen atoms in total. The Morgan fingerprint density at radius 3 is 2.89 bits per heavy atom. The molecule has 1 aliphatic rings. The Hall–Kier alpha value is -1.31. The Morgan fingerprint density at radius 2 is 2.16 bits per heavy atom. The third-order valence-corrected chi connectivity index (χ3v) is 3.77. The summed E-state index contributed by atoms with van der Waals surface area (Å²) in [4.78, 5) is 25.0. The predicted molar refractivity (Wildman–Crippen MR) is 79.0 cm³/mol. The van der Waals surface area contributed by atoms with Crippen molar-refractivity contribution >= 4 is 34.6 Å². The van der Waals surface area contributed by atoms with E-state index in [1.807, 2.05) is 52.9 Å². The van der Waals surface area contributed by atoms with Crippen LogP contribution in [0.4, 0.5) is 4.79 Å². The number of halogens is 1. The molecule has 1 heterocycles. The molecule has 0 unspecified atom stereocenters. The number of nitrogens with one attached hydrogen (secondary N) is 1. The van der Waals surface area contributed by atoms with Crippen LogP contribution >= 0.6 is 22.6 Å². The molecule has 0 spiro atoms. The smallest absolute Gasteiger partial charge is 0.410 e. The molecule has 1 saturated heterocycles. The van der Waals surface area contributed by atoms with Gasteiger partial charge in [-0.15, -0.1) is 0 Å². The SMILES string of the molecule is O=C1NCCN(C(=O)OCc2ccccc2)C[C@@H]1I. The van der Waals surface area contributed by atoms with E-state index in [0.717, 1.165) is 5.56 Å². The van der Waals surface area contributed by atoms with Crippen LogP contribution in [-0.2, 0) is 16.1 Å². The predicted octanol–water partition coefficient (Wildman–Crippen LogP) is 1.56. The van der Waals surface area contributed by atoms with Crippen LogP contribution in [0, 0.1) is 0 Å². The van der Waals surface area contributed by atoms with Crippen molar-refractivity contribution in [2.45, 2.75) is 10.5 Å². The molecule has 6 heteroatoms. The van der Waals surface area contributed by atoms with Crippen molar-refractivity contribution in [3.63, 3.8) is 0 Å². The molecule has 0 bridgehead atoms. The molecule has 1 N–H and O–H groups in total. The summed E-state index contributed by atoms with van der Waals surface area (Å²) in [6.45, 7) is 1.60. The molecule has 2 amide bonds. The van der Waals surface area contributed by atoms with Crippen LogP contribution in [-0.4, -0.2) is 40.5 Å². The van der Waals surface area contributed by atoms with Gasteiger partial charge in [-0.2, -0.15) is 0 Å². The summed E-state index contributed by atoms with van der Waals surface area (Å²) in [5.41, 5.74) is 0.950. The van der Waals surface area contributed by atoms with Crippen LogP contribution in [0.15, 0.2) is 30.3 Å². The number of carbonyl (C=O) groups excluding carboxylic acids is 2. The van der Waals surface area contributed by atoms with Gasteiger partial charge in [0.05, 0.1) is 0 Å². The summed E-state index contributed by atoms with van der Waals surface area (Å²) in [6.07, 6.45) is -0.373. The molecule has 1 aliphatic heterocycles. The molecule has 0 aliphatic carbocycles. The highest BCUT2D eigenvalue weighted by Crippen LogP contribution is 2.09. The number of rotatable bonds is 2. The molecule has 1 aromatic carbocycles. The van der Waals surface area contributed by atoms with Gasteiger partial charge in [-0.05, 0) is 5.56 Å². The minimum Gasteiger partial charge on any atom is -0.445 e. The molecule has 0 aromatic heterocycles. The van der Waals surface area contributed by atoms with E-state index in [1.54, 1.807) is 4.90 Å². The van der Waals surface area contributed by atoms with Gasteiger partial charge in [-0.1, -0.05) is 52.9 Å². The van der Waals surface area contributed by atoms with Crippen molar-refractivity contribution in [1.82, 2.24) is 10.2 Å². The van der Waals surface area contributed by atoms with Gasteiger partial charge in [0, 0.05) is 19.6 Å². The number of amides is 2. The minimum absolute atomic E-state index is 0.0287. The van der Waals surface area contributed by atoms with Crippen molar-refractivity contribution < 1.29 is 14.3 Å². The summed E-state index contributed by atoms with van der Waals surface area (Å²) in [7, 11) is 0. The van der Waals surface area contributed by atoms with E-state index >= 15 is 0 Å². The summed E-state index contributed by atoms with van der Waals surface area (Å²) in [6, 6.07) is 9.53. The standard InChI is InChI=1S/C13H15IN2O3/c14-11-8-16(7-6-15-12(11)17)13(18)19-9-10-4-2-1-3-5-10/h1-5,11H,6-9H2,(H,15,17)/t11-/m0/s1. The lowest BCUT2D eigenvalue weighted by Gasteiger charge is -2.20.